The molecule has 1 aromatic rings. The van der Waals surface area contributed by atoms with Crippen LogP contribution in [0.25, 0.3) is 0 Å². The molecule has 0 unspecified atom stereocenters. The number of aliphatic imine (C=N–C) groups is 1. The predicted molar refractivity (Wildman–Crippen MR) is 61.9 cm³/mol. The monoisotopic (exact) mass is 251 g/mol. The Morgan fingerprint density at radius 2 is 1.71 bits per heavy atom. The van der Waals surface area contributed by atoms with Gasteiger partial charge in [-0.15, -0.1) is 0 Å². The van der Waals surface area contributed by atoms with E-state index < -0.39 is 22.5 Å². The molecule has 17 heavy (non-hydrogen) atoms. The summed E-state index contributed by atoms with van der Waals surface area (Å²) in [6.07, 6.45) is 0.118. The van der Waals surface area contributed by atoms with Gasteiger partial charge in [0.05, 0.1) is 18.5 Å². The number of fused-ring (bicyclic) bond motifs is 2. The molecular formula is C11H9NO4S. The largest absolute Gasteiger partial charge is 0.334 e. The van der Waals surface area contributed by atoms with Gasteiger partial charge in [-0.2, -0.15) is 0 Å². The maximum atomic E-state index is 11.5. The summed E-state index contributed by atoms with van der Waals surface area (Å²) in [6.45, 7) is 0. The number of rotatable bonds is 0. The molecule has 0 saturated carbocycles. The molecule has 2 heterocycles. The Morgan fingerprint density at radius 3 is 2.41 bits per heavy atom. The highest BCUT2D eigenvalue weighted by molar-refractivity contribution is 8.37. The molecule has 88 valence electrons. The van der Waals surface area contributed by atoms with Crippen molar-refractivity contribution >= 4 is 33.8 Å². The van der Waals surface area contributed by atoms with Crippen molar-refractivity contribution < 1.29 is 18.0 Å². The van der Waals surface area contributed by atoms with Crippen LogP contribution in [0.4, 0.5) is 5.69 Å². The van der Waals surface area contributed by atoms with E-state index in [2.05, 4.69) is 4.99 Å². The lowest BCUT2D eigenvalue weighted by atomic mass is 10.3. The van der Waals surface area contributed by atoms with E-state index in [4.69, 9.17) is 8.37 Å². The van der Waals surface area contributed by atoms with Gasteiger partial charge in [-0.05, 0) is 22.7 Å². The molecule has 0 atom stereocenters. The Kier molecular flexibility index (Phi) is 2.19. The van der Waals surface area contributed by atoms with Crippen molar-refractivity contribution in [3.8, 4) is 0 Å². The maximum absolute atomic E-state index is 11.5. The second-order valence-electron chi connectivity index (χ2n) is 3.66. The molecule has 0 aliphatic carbocycles. The topological polar surface area (TPSA) is 65.0 Å². The van der Waals surface area contributed by atoms with Gasteiger partial charge in [0.1, 0.15) is 10.4 Å². The first-order chi connectivity index (χ1) is 8.20. The average molecular weight is 251 g/mol. The van der Waals surface area contributed by atoms with Gasteiger partial charge < -0.3 is 8.37 Å². The van der Waals surface area contributed by atoms with Crippen molar-refractivity contribution in [2.24, 2.45) is 4.99 Å². The molecule has 6 heteroatoms. The maximum Gasteiger partial charge on any atom is 0.330 e. The first-order valence-corrected chi connectivity index (χ1v) is 6.65. The van der Waals surface area contributed by atoms with E-state index in [0.717, 1.165) is 0 Å². The number of carbonyl (C=O) groups excluding carboxylic acids is 2. The lowest BCUT2D eigenvalue weighted by Crippen LogP contribution is -2.11. The third-order valence-corrected chi connectivity index (χ3v) is 4.68. The van der Waals surface area contributed by atoms with Crippen LogP contribution in [0.5, 0.6) is 0 Å². The minimum atomic E-state index is -2.45. The smallest absolute Gasteiger partial charge is 0.330 e. The van der Waals surface area contributed by atoms with Gasteiger partial charge >= 0.3 is 11.9 Å². The fraction of sp³-hybridized carbons (Fsp3) is 0.182. The summed E-state index contributed by atoms with van der Waals surface area (Å²) in [5.74, 6) is -0.844. The highest BCUT2D eigenvalue weighted by Crippen LogP contribution is 2.63. The molecule has 0 radical (unpaired) electrons. The van der Waals surface area contributed by atoms with Crippen molar-refractivity contribution in [2.45, 2.75) is 17.7 Å². The number of carbonyl (C=O) groups is 2. The molecule has 1 fully saturated rings. The minimum Gasteiger partial charge on any atom is -0.334 e. The molecule has 0 aromatic heterocycles. The summed E-state index contributed by atoms with van der Waals surface area (Å²) in [5, 5.41) is 0. The minimum absolute atomic E-state index is 0.0591. The summed E-state index contributed by atoms with van der Waals surface area (Å²) in [5.41, 5.74) is 2.13. The standard InChI is InChI=1S/C11H9NO4S/c13-10-5-6-11(14)16-17(15-10)7-12-8-3-1-2-4-9(8)17/h1-4,7H,5-6H2. The van der Waals surface area contributed by atoms with Gasteiger partial charge in [-0.3, -0.25) is 9.59 Å². The summed E-state index contributed by atoms with van der Waals surface area (Å²) in [4.78, 5) is 27.8. The van der Waals surface area contributed by atoms with Crippen LogP contribution in [0.1, 0.15) is 12.8 Å². The molecule has 1 spiro atoms. The highest BCUT2D eigenvalue weighted by Gasteiger charge is 2.38. The normalized spacial score (nSPS) is 22.6. The molecule has 0 bridgehead atoms. The molecule has 1 aromatic carbocycles. The number of nitrogens with zero attached hydrogens (tertiary/aromatic N) is 1. The lowest BCUT2D eigenvalue weighted by Gasteiger charge is -2.33. The summed E-state index contributed by atoms with van der Waals surface area (Å²) in [7, 11) is -2.45. The third kappa shape index (κ3) is 1.61. The van der Waals surface area contributed by atoms with E-state index in [0.29, 0.717) is 10.6 Å². The first-order valence-electron chi connectivity index (χ1n) is 5.11. The van der Waals surface area contributed by atoms with E-state index in [9.17, 15) is 9.59 Å². The van der Waals surface area contributed by atoms with Crippen molar-refractivity contribution in [1.82, 2.24) is 0 Å². The van der Waals surface area contributed by atoms with Gasteiger partial charge in [-0.25, -0.2) is 4.99 Å². The fourth-order valence-corrected chi connectivity index (χ4v) is 3.77. The van der Waals surface area contributed by atoms with Gasteiger partial charge in [0.25, 0.3) is 0 Å². The highest BCUT2D eigenvalue weighted by atomic mass is 32.3. The van der Waals surface area contributed by atoms with Crippen LogP contribution in [-0.4, -0.2) is 17.5 Å². The molecule has 0 amide bonds. The second-order valence-corrected chi connectivity index (χ2v) is 5.73. The predicted octanol–water partition coefficient (Wildman–Crippen LogP) is 2.23. The fourth-order valence-electron chi connectivity index (χ4n) is 1.70. The number of hydrogen-bond acceptors (Lipinski definition) is 5. The van der Waals surface area contributed by atoms with Crippen molar-refractivity contribution in [1.29, 1.82) is 0 Å². The molecule has 5 nitrogen and oxygen atoms in total. The molecular weight excluding hydrogens is 242 g/mol. The summed E-state index contributed by atoms with van der Waals surface area (Å²) < 4.78 is 10.6. The Hall–Kier alpha value is -1.82. The van der Waals surface area contributed by atoms with E-state index in [1.54, 1.807) is 18.2 Å². The average Bonchev–Trinajstić information content (AvgIpc) is 2.58. The molecule has 1 saturated heterocycles. The summed E-state index contributed by atoms with van der Waals surface area (Å²) in [6, 6.07) is 7.19. The van der Waals surface area contributed by atoms with Crippen LogP contribution >= 0.6 is 10.6 Å². The first kappa shape index (κ1) is 10.3. The van der Waals surface area contributed by atoms with Crippen LogP contribution < -0.4 is 0 Å². The Bertz CT molecular complexity index is 522. The van der Waals surface area contributed by atoms with Crippen LogP contribution in [0, 0.1) is 0 Å². The van der Waals surface area contributed by atoms with Crippen LogP contribution in [0.3, 0.4) is 0 Å². The van der Waals surface area contributed by atoms with E-state index in [1.165, 1.54) is 5.55 Å². The van der Waals surface area contributed by atoms with E-state index in [1.807, 2.05) is 6.07 Å². The number of hydrogen-bond donors (Lipinski definition) is 0. The van der Waals surface area contributed by atoms with Crippen LogP contribution in [-0.2, 0) is 18.0 Å². The molecule has 2 aliphatic heterocycles. The van der Waals surface area contributed by atoms with Crippen molar-refractivity contribution in [3.63, 3.8) is 0 Å². The summed E-state index contributed by atoms with van der Waals surface area (Å²) >= 11 is 0. The van der Waals surface area contributed by atoms with Gasteiger partial charge in [0.2, 0.25) is 0 Å². The zero-order valence-corrected chi connectivity index (χ0v) is 9.61. The third-order valence-electron chi connectivity index (χ3n) is 2.47. The van der Waals surface area contributed by atoms with E-state index in [-0.39, 0.29) is 12.8 Å². The Labute approximate surface area is 99.2 Å². The van der Waals surface area contributed by atoms with E-state index >= 15 is 0 Å². The van der Waals surface area contributed by atoms with Gasteiger partial charge in [0.15, 0.2) is 0 Å². The molecule has 2 aliphatic rings. The number of benzene rings is 1. The molecule has 0 N–H and O–H groups in total. The van der Waals surface area contributed by atoms with Crippen LogP contribution in [0.15, 0.2) is 34.2 Å². The van der Waals surface area contributed by atoms with Gasteiger partial charge in [-0.1, -0.05) is 12.1 Å². The Morgan fingerprint density at radius 1 is 1.06 bits per heavy atom. The zero-order valence-electron chi connectivity index (χ0n) is 8.79. The SMILES string of the molecule is O=C1CCC(=O)OS2(C=Nc3ccccc32)O1. The Balaban J connectivity index is 2.10. The van der Waals surface area contributed by atoms with Crippen molar-refractivity contribution in [3.05, 3.63) is 24.3 Å². The van der Waals surface area contributed by atoms with Crippen molar-refractivity contribution in [2.75, 3.05) is 0 Å². The van der Waals surface area contributed by atoms with Crippen LogP contribution in [0.2, 0.25) is 0 Å². The van der Waals surface area contributed by atoms with Gasteiger partial charge in [0, 0.05) is 0 Å². The lowest BCUT2D eigenvalue weighted by molar-refractivity contribution is -0.135. The zero-order chi connectivity index (χ0) is 11.9. The second kappa shape index (κ2) is 3.59. The number of para-hydroxylation sites is 1. The quantitative estimate of drug-likeness (QED) is 0.709. The molecule has 3 rings (SSSR count).